The number of pyridine rings is 1. The molecule has 0 bridgehead atoms. The molecule has 0 N–H and O–H groups in total. The molecule has 0 aliphatic heterocycles. The monoisotopic (exact) mass is 357 g/mol. The highest BCUT2D eigenvalue weighted by molar-refractivity contribution is 6.29. The second kappa shape index (κ2) is 7.44. The smallest absolute Gasteiger partial charge is 0.307 e. The Labute approximate surface area is 149 Å². The lowest BCUT2D eigenvalue weighted by molar-refractivity contribution is -0.145. The molecule has 0 saturated carbocycles. The standard InChI is InChI=1S/C18H16ClN3O3/c1-12-3-2-4-14-17(12)21-11-22(18(14)24)8-7-16(23)25-10-13-5-6-15(19)20-9-13/h2-6,9,11H,7-8,10H2,1H3. The number of ether oxygens (including phenoxy) is 1. The Hall–Kier alpha value is -2.73. The van der Waals surface area contributed by atoms with Crippen molar-refractivity contribution in [2.75, 3.05) is 0 Å². The fraction of sp³-hybridized carbons (Fsp3) is 0.222. The van der Waals surface area contributed by atoms with Gasteiger partial charge in [-0.2, -0.15) is 0 Å². The first-order valence-corrected chi connectivity index (χ1v) is 8.13. The van der Waals surface area contributed by atoms with Gasteiger partial charge in [0.05, 0.1) is 23.7 Å². The summed E-state index contributed by atoms with van der Waals surface area (Å²) in [7, 11) is 0. The summed E-state index contributed by atoms with van der Waals surface area (Å²) in [5.74, 6) is -0.397. The quantitative estimate of drug-likeness (QED) is 0.518. The van der Waals surface area contributed by atoms with E-state index in [9.17, 15) is 9.59 Å². The number of hydrogen-bond acceptors (Lipinski definition) is 5. The highest BCUT2D eigenvalue weighted by Crippen LogP contribution is 2.11. The van der Waals surface area contributed by atoms with Gasteiger partial charge in [-0.05, 0) is 24.6 Å². The van der Waals surface area contributed by atoms with Crippen LogP contribution in [0.3, 0.4) is 0 Å². The first-order chi connectivity index (χ1) is 12.0. The van der Waals surface area contributed by atoms with E-state index in [1.165, 1.54) is 10.9 Å². The van der Waals surface area contributed by atoms with Crippen molar-refractivity contribution in [2.45, 2.75) is 26.5 Å². The third kappa shape index (κ3) is 4.03. The van der Waals surface area contributed by atoms with Gasteiger partial charge in [-0.3, -0.25) is 14.2 Å². The van der Waals surface area contributed by atoms with E-state index < -0.39 is 5.97 Å². The lowest BCUT2D eigenvalue weighted by Gasteiger charge is -2.08. The van der Waals surface area contributed by atoms with Crippen LogP contribution in [0.25, 0.3) is 10.9 Å². The molecule has 0 saturated heterocycles. The lowest BCUT2D eigenvalue weighted by atomic mass is 10.1. The number of fused-ring (bicyclic) bond motifs is 1. The third-order valence-corrected chi connectivity index (χ3v) is 4.02. The number of benzene rings is 1. The van der Waals surface area contributed by atoms with E-state index in [0.29, 0.717) is 16.1 Å². The van der Waals surface area contributed by atoms with Crippen LogP contribution in [-0.2, 0) is 22.7 Å². The summed E-state index contributed by atoms with van der Waals surface area (Å²) >= 11 is 5.70. The number of aryl methyl sites for hydroxylation is 2. The van der Waals surface area contributed by atoms with Crippen LogP contribution in [0.2, 0.25) is 5.15 Å². The highest BCUT2D eigenvalue weighted by Gasteiger charge is 2.09. The number of hydrogen-bond donors (Lipinski definition) is 0. The zero-order valence-electron chi connectivity index (χ0n) is 13.6. The minimum absolute atomic E-state index is 0.0833. The van der Waals surface area contributed by atoms with E-state index in [1.54, 1.807) is 24.4 Å². The maximum absolute atomic E-state index is 12.5. The van der Waals surface area contributed by atoms with Gasteiger partial charge in [0.15, 0.2) is 0 Å². The van der Waals surface area contributed by atoms with E-state index in [4.69, 9.17) is 16.3 Å². The second-order valence-corrected chi connectivity index (χ2v) is 6.00. The van der Waals surface area contributed by atoms with Crippen LogP contribution in [-0.4, -0.2) is 20.5 Å². The summed E-state index contributed by atoms with van der Waals surface area (Å²) in [5.41, 5.74) is 2.21. The predicted octanol–water partition coefficient (Wildman–Crippen LogP) is 2.89. The summed E-state index contributed by atoms with van der Waals surface area (Å²) in [6.07, 6.45) is 3.10. The normalized spacial score (nSPS) is 10.8. The molecule has 0 fully saturated rings. The molecule has 0 aliphatic rings. The van der Waals surface area contributed by atoms with Gasteiger partial charge in [0.2, 0.25) is 0 Å². The molecule has 25 heavy (non-hydrogen) atoms. The Balaban J connectivity index is 1.62. The van der Waals surface area contributed by atoms with Gasteiger partial charge in [0.25, 0.3) is 5.56 Å². The molecule has 0 radical (unpaired) electrons. The van der Waals surface area contributed by atoms with Gasteiger partial charge < -0.3 is 4.74 Å². The minimum Gasteiger partial charge on any atom is -0.461 e. The lowest BCUT2D eigenvalue weighted by Crippen LogP contribution is -2.22. The molecule has 6 nitrogen and oxygen atoms in total. The molecule has 0 aliphatic carbocycles. The second-order valence-electron chi connectivity index (χ2n) is 5.61. The van der Waals surface area contributed by atoms with Gasteiger partial charge in [-0.15, -0.1) is 0 Å². The molecule has 2 aromatic heterocycles. The number of carbonyl (C=O) groups excluding carboxylic acids is 1. The van der Waals surface area contributed by atoms with Gasteiger partial charge >= 0.3 is 5.97 Å². The van der Waals surface area contributed by atoms with E-state index in [-0.39, 0.29) is 25.1 Å². The molecular weight excluding hydrogens is 342 g/mol. The van der Waals surface area contributed by atoms with Gasteiger partial charge in [0, 0.05) is 18.3 Å². The van der Waals surface area contributed by atoms with Crippen molar-refractivity contribution >= 4 is 28.5 Å². The van der Waals surface area contributed by atoms with E-state index in [1.807, 2.05) is 19.1 Å². The number of nitrogens with zero attached hydrogens (tertiary/aromatic N) is 3. The summed E-state index contributed by atoms with van der Waals surface area (Å²) in [6.45, 7) is 2.24. The summed E-state index contributed by atoms with van der Waals surface area (Å²) in [4.78, 5) is 32.6. The number of esters is 1. The fourth-order valence-corrected chi connectivity index (χ4v) is 2.55. The van der Waals surface area contributed by atoms with Crippen molar-refractivity contribution in [3.05, 3.63) is 69.5 Å². The molecule has 3 rings (SSSR count). The molecule has 3 aromatic rings. The Bertz CT molecular complexity index is 967. The summed E-state index contributed by atoms with van der Waals surface area (Å²) < 4.78 is 6.60. The van der Waals surface area contributed by atoms with Gasteiger partial charge in [-0.1, -0.05) is 29.8 Å². The molecule has 0 unspecified atom stereocenters. The zero-order valence-corrected chi connectivity index (χ0v) is 14.4. The molecule has 0 atom stereocenters. The first-order valence-electron chi connectivity index (χ1n) is 7.75. The summed E-state index contributed by atoms with van der Waals surface area (Å²) in [6, 6.07) is 8.83. The largest absolute Gasteiger partial charge is 0.461 e. The number of para-hydroxylation sites is 1. The molecule has 7 heteroatoms. The molecule has 128 valence electrons. The van der Waals surface area contributed by atoms with Gasteiger partial charge in [-0.25, -0.2) is 9.97 Å². The maximum atomic E-state index is 12.5. The Morgan fingerprint density at radius 1 is 1.24 bits per heavy atom. The van der Waals surface area contributed by atoms with Crippen LogP contribution < -0.4 is 5.56 Å². The van der Waals surface area contributed by atoms with Crippen molar-refractivity contribution in [1.82, 2.24) is 14.5 Å². The molecule has 1 aromatic carbocycles. The van der Waals surface area contributed by atoms with Crippen LogP contribution in [0.1, 0.15) is 17.5 Å². The van der Waals surface area contributed by atoms with Crippen LogP contribution in [0.5, 0.6) is 0 Å². The molecule has 0 spiro atoms. The first kappa shape index (κ1) is 17.1. The van der Waals surface area contributed by atoms with Crippen LogP contribution in [0.4, 0.5) is 0 Å². The van der Waals surface area contributed by atoms with Crippen molar-refractivity contribution in [2.24, 2.45) is 0 Å². The molecular formula is C18H16ClN3O3. The highest BCUT2D eigenvalue weighted by atomic mass is 35.5. The average Bonchev–Trinajstić information content (AvgIpc) is 2.61. The maximum Gasteiger partial charge on any atom is 0.307 e. The zero-order chi connectivity index (χ0) is 17.8. The number of rotatable bonds is 5. The molecule has 2 heterocycles. The average molecular weight is 358 g/mol. The van der Waals surface area contributed by atoms with Crippen molar-refractivity contribution in [3.8, 4) is 0 Å². The van der Waals surface area contributed by atoms with Crippen molar-refractivity contribution in [1.29, 1.82) is 0 Å². The Kier molecular flexibility index (Phi) is 5.09. The number of aromatic nitrogens is 3. The Morgan fingerprint density at radius 3 is 2.84 bits per heavy atom. The van der Waals surface area contributed by atoms with Crippen LogP contribution in [0.15, 0.2) is 47.7 Å². The van der Waals surface area contributed by atoms with E-state index in [2.05, 4.69) is 9.97 Å². The minimum atomic E-state index is -0.397. The van der Waals surface area contributed by atoms with Crippen LogP contribution in [0, 0.1) is 6.92 Å². The number of carbonyl (C=O) groups is 1. The van der Waals surface area contributed by atoms with E-state index >= 15 is 0 Å². The fourth-order valence-electron chi connectivity index (χ4n) is 2.44. The topological polar surface area (TPSA) is 74.1 Å². The Morgan fingerprint density at radius 2 is 2.08 bits per heavy atom. The van der Waals surface area contributed by atoms with Crippen molar-refractivity contribution in [3.63, 3.8) is 0 Å². The predicted molar refractivity (Wildman–Crippen MR) is 94.4 cm³/mol. The summed E-state index contributed by atoms with van der Waals surface area (Å²) in [5, 5.41) is 0.927. The van der Waals surface area contributed by atoms with Crippen LogP contribution >= 0.6 is 11.6 Å². The van der Waals surface area contributed by atoms with E-state index in [0.717, 1.165) is 11.1 Å². The SMILES string of the molecule is Cc1cccc2c(=O)n(CCC(=O)OCc3ccc(Cl)nc3)cnc12. The third-order valence-electron chi connectivity index (χ3n) is 3.80. The van der Waals surface area contributed by atoms with Gasteiger partial charge in [0.1, 0.15) is 11.8 Å². The number of halogens is 1. The van der Waals surface area contributed by atoms with Crippen molar-refractivity contribution < 1.29 is 9.53 Å². The molecule has 0 amide bonds.